The van der Waals surface area contributed by atoms with Crippen LogP contribution in [0.3, 0.4) is 0 Å². The van der Waals surface area contributed by atoms with Crippen LogP contribution in [0.1, 0.15) is 10.4 Å². The molecule has 0 spiro atoms. The summed E-state index contributed by atoms with van der Waals surface area (Å²) < 4.78 is 26.6. The van der Waals surface area contributed by atoms with Gasteiger partial charge in [-0.1, -0.05) is 24.3 Å². The first kappa shape index (κ1) is 15.7. The third-order valence-corrected chi connectivity index (χ3v) is 6.15. The summed E-state index contributed by atoms with van der Waals surface area (Å²) in [6.07, 6.45) is 1.65. The molecule has 3 aromatic rings. The highest BCUT2D eigenvalue weighted by Gasteiger charge is 2.15. The zero-order chi connectivity index (χ0) is 16.3. The number of sulfonamides is 1. The number of amides is 1. The number of hydrogen-bond donors (Lipinski definition) is 3. The van der Waals surface area contributed by atoms with E-state index >= 15 is 0 Å². The van der Waals surface area contributed by atoms with Gasteiger partial charge in [-0.25, -0.2) is 13.1 Å². The average molecular weight is 349 g/mol. The Morgan fingerprint density at radius 3 is 2.74 bits per heavy atom. The lowest BCUT2D eigenvalue weighted by Crippen LogP contribution is -2.34. The minimum absolute atomic E-state index is 0.133. The van der Waals surface area contributed by atoms with Gasteiger partial charge in [0.15, 0.2) is 0 Å². The number of H-pyrrole nitrogens is 1. The van der Waals surface area contributed by atoms with Gasteiger partial charge in [-0.3, -0.25) is 4.79 Å². The van der Waals surface area contributed by atoms with E-state index in [1.54, 1.807) is 17.6 Å². The highest BCUT2D eigenvalue weighted by Crippen LogP contribution is 2.17. The van der Waals surface area contributed by atoms with E-state index in [1.807, 2.05) is 24.3 Å². The summed E-state index contributed by atoms with van der Waals surface area (Å²) in [6, 6.07) is 10.7. The molecule has 0 atom stereocenters. The predicted molar refractivity (Wildman–Crippen MR) is 90.1 cm³/mol. The maximum atomic E-state index is 12.2. The Labute approximate surface area is 137 Å². The van der Waals surface area contributed by atoms with Gasteiger partial charge in [0.1, 0.15) is 4.21 Å². The Bertz CT molecular complexity index is 915. The van der Waals surface area contributed by atoms with Crippen LogP contribution in [-0.2, 0) is 10.0 Å². The fourth-order valence-electron chi connectivity index (χ4n) is 2.20. The van der Waals surface area contributed by atoms with Crippen molar-refractivity contribution >= 4 is 38.2 Å². The second kappa shape index (κ2) is 6.53. The molecular weight excluding hydrogens is 334 g/mol. The van der Waals surface area contributed by atoms with Crippen LogP contribution in [0.5, 0.6) is 0 Å². The lowest BCUT2D eigenvalue weighted by Gasteiger charge is -2.06. The summed E-state index contributed by atoms with van der Waals surface area (Å²) >= 11 is 1.15. The predicted octanol–water partition coefficient (Wildman–Crippen LogP) is 1.94. The standard InChI is InChI=1S/C15H15N3O3S2/c19-15(12-10-17-13-5-2-1-4-11(12)13)16-7-8-18-23(20,21)14-6-3-9-22-14/h1-6,9-10,17-18H,7-8H2,(H,16,19). The largest absolute Gasteiger partial charge is 0.360 e. The van der Waals surface area contributed by atoms with Crippen LogP contribution in [0, 0.1) is 0 Å². The molecule has 0 saturated carbocycles. The monoisotopic (exact) mass is 349 g/mol. The molecule has 2 aromatic heterocycles. The van der Waals surface area contributed by atoms with Gasteiger partial charge in [-0.05, 0) is 17.5 Å². The van der Waals surface area contributed by atoms with Gasteiger partial charge in [-0.2, -0.15) is 0 Å². The van der Waals surface area contributed by atoms with Crippen LogP contribution >= 0.6 is 11.3 Å². The van der Waals surface area contributed by atoms with E-state index in [2.05, 4.69) is 15.0 Å². The lowest BCUT2D eigenvalue weighted by molar-refractivity contribution is 0.0956. The zero-order valence-electron chi connectivity index (χ0n) is 12.1. The number of nitrogens with one attached hydrogen (secondary N) is 3. The van der Waals surface area contributed by atoms with E-state index in [1.165, 1.54) is 6.07 Å². The van der Waals surface area contributed by atoms with Crippen LogP contribution in [0.4, 0.5) is 0 Å². The van der Waals surface area contributed by atoms with E-state index in [0.29, 0.717) is 5.56 Å². The molecule has 8 heteroatoms. The smallest absolute Gasteiger partial charge is 0.253 e. The van der Waals surface area contributed by atoms with Crippen molar-refractivity contribution in [3.05, 3.63) is 53.5 Å². The number of fused-ring (bicyclic) bond motifs is 1. The van der Waals surface area contributed by atoms with Crippen molar-refractivity contribution in [2.75, 3.05) is 13.1 Å². The maximum Gasteiger partial charge on any atom is 0.253 e. The molecule has 0 aliphatic carbocycles. The summed E-state index contributed by atoms with van der Waals surface area (Å²) in [6.45, 7) is 0.345. The number of rotatable bonds is 6. The molecule has 1 amide bonds. The highest BCUT2D eigenvalue weighted by atomic mass is 32.2. The Balaban J connectivity index is 1.56. The van der Waals surface area contributed by atoms with E-state index in [4.69, 9.17) is 0 Å². The lowest BCUT2D eigenvalue weighted by atomic mass is 10.1. The summed E-state index contributed by atoms with van der Waals surface area (Å²) in [5, 5.41) is 5.25. The van der Waals surface area contributed by atoms with E-state index < -0.39 is 10.0 Å². The van der Waals surface area contributed by atoms with Crippen LogP contribution < -0.4 is 10.0 Å². The molecule has 0 fully saturated rings. The van der Waals surface area contributed by atoms with Crippen LogP contribution in [0.15, 0.2) is 52.2 Å². The van der Waals surface area contributed by atoms with Crippen LogP contribution in [0.2, 0.25) is 0 Å². The van der Waals surface area contributed by atoms with Gasteiger partial charge in [0, 0.05) is 30.2 Å². The summed E-state index contributed by atoms with van der Waals surface area (Å²) in [7, 11) is -3.49. The van der Waals surface area contributed by atoms with Crippen molar-refractivity contribution in [3.63, 3.8) is 0 Å². The minimum atomic E-state index is -3.49. The number of hydrogen-bond acceptors (Lipinski definition) is 4. The Morgan fingerprint density at radius 1 is 1.13 bits per heavy atom. The van der Waals surface area contributed by atoms with Gasteiger partial charge in [-0.15, -0.1) is 11.3 Å². The molecule has 2 heterocycles. The summed E-state index contributed by atoms with van der Waals surface area (Å²) in [4.78, 5) is 15.2. The Hall–Kier alpha value is -2.16. The first-order valence-corrected chi connectivity index (χ1v) is 9.32. The third kappa shape index (κ3) is 3.44. The topological polar surface area (TPSA) is 91.1 Å². The van der Waals surface area contributed by atoms with E-state index in [9.17, 15) is 13.2 Å². The fraction of sp³-hybridized carbons (Fsp3) is 0.133. The molecule has 3 N–H and O–H groups in total. The van der Waals surface area contributed by atoms with Gasteiger partial charge in [0.05, 0.1) is 5.56 Å². The number of benzene rings is 1. The van der Waals surface area contributed by atoms with E-state index in [0.717, 1.165) is 22.2 Å². The molecule has 1 aromatic carbocycles. The molecule has 3 rings (SSSR count). The van der Waals surface area contributed by atoms with Crippen molar-refractivity contribution in [2.45, 2.75) is 4.21 Å². The van der Waals surface area contributed by atoms with Crippen molar-refractivity contribution < 1.29 is 13.2 Å². The zero-order valence-corrected chi connectivity index (χ0v) is 13.7. The average Bonchev–Trinajstić information content (AvgIpc) is 3.20. The van der Waals surface area contributed by atoms with Crippen LogP contribution in [0.25, 0.3) is 10.9 Å². The number of thiophene rings is 1. The van der Waals surface area contributed by atoms with Crippen molar-refractivity contribution in [2.24, 2.45) is 0 Å². The molecule has 23 heavy (non-hydrogen) atoms. The molecule has 0 radical (unpaired) electrons. The second-order valence-electron chi connectivity index (χ2n) is 4.83. The van der Waals surface area contributed by atoms with Gasteiger partial charge >= 0.3 is 0 Å². The third-order valence-electron chi connectivity index (χ3n) is 3.30. The SMILES string of the molecule is O=C(NCCNS(=O)(=O)c1cccs1)c1c[nH]c2ccccc12. The van der Waals surface area contributed by atoms with E-state index in [-0.39, 0.29) is 23.2 Å². The van der Waals surface area contributed by atoms with Crippen molar-refractivity contribution in [1.82, 2.24) is 15.0 Å². The number of para-hydroxylation sites is 1. The highest BCUT2D eigenvalue weighted by molar-refractivity contribution is 7.91. The van der Waals surface area contributed by atoms with Gasteiger partial charge < -0.3 is 10.3 Å². The molecule has 0 unspecified atom stereocenters. The molecule has 0 saturated heterocycles. The molecule has 0 aliphatic rings. The normalized spacial score (nSPS) is 11.7. The molecule has 0 bridgehead atoms. The Morgan fingerprint density at radius 2 is 1.96 bits per heavy atom. The van der Waals surface area contributed by atoms with Crippen molar-refractivity contribution in [3.8, 4) is 0 Å². The van der Waals surface area contributed by atoms with Crippen LogP contribution in [-0.4, -0.2) is 32.4 Å². The first-order chi connectivity index (χ1) is 11.1. The van der Waals surface area contributed by atoms with Gasteiger partial charge in [0.2, 0.25) is 10.0 Å². The fourth-order valence-corrected chi connectivity index (χ4v) is 4.27. The summed E-state index contributed by atoms with van der Waals surface area (Å²) in [5.41, 5.74) is 1.43. The Kier molecular flexibility index (Phi) is 4.46. The van der Waals surface area contributed by atoms with Crippen molar-refractivity contribution in [1.29, 1.82) is 0 Å². The summed E-state index contributed by atoms with van der Waals surface area (Å²) in [5.74, 6) is -0.238. The number of carbonyl (C=O) groups is 1. The number of aromatic amines is 1. The molecule has 6 nitrogen and oxygen atoms in total. The first-order valence-electron chi connectivity index (χ1n) is 6.95. The quantitative estimate of drug-likeness (QED) is 0.594. The minimum Gasteiger partial charge on any atom is -0.360 e. The second-order valence-corrected chi connectivity index (χ2v) is 7.78. The number of carbonyl (C=O) groups excluding carboxylic acids is 1. The molecular formula is C15H15N3O3S2. The maximum absolute atomic E-state index is 12.2. The molecule has 0 aliphatic heterocycles. The van der Waals surface area contributed by atoms with Gasteiger partial charge in [0.25, 0.3) is 5.91 Å². The molecule has 120 valence electrons. The number of aromatic nitrogens is 1.